The van der Waals surface area contributed by atoms with Crippen LogP contribution in [0, 0.1) is 0 Å². The highest BCUT2D eigenvalue weighted by Crippen LogP contribution is 2.32. The average molecular weight is 259 g/mol. The molecule has 1 aromatic carbocycles. The van der Waals surface area contributed by atoms with Crippen LogP contribution in [0.15, 0.2) is 24.3 Å². The summed E-state index contributed by atoms with van der Waals surface area (Å²) in [6, 6.07) is 5.44. The van der Waals surface area contributed by atoms with Gasteiger partial charge in [-0.2, -0.15) is 13.2 Å². The van der Waals surface area contributed by atoms with Gasteiger partial charge in [0.05, 0.1) is 11.7 Å². The third-order valence-electron chi connectivity index (χ3n) is 3.36. The number of hydrogen-bond acceptors (Lipinski definition) is 2. The number of rotatable bonds is 3. The molecular formula is C13H16F3NO. The first-order valence-electron chi connectivity index (χ1n) is 6.05. The standard InChI is InChI=1S/C13H16F3NO/c14-13(15,16)10-5-2-1-4-9(10)8-17-11-6-3-7-12(11)18/h1-2,4-5,11-12,17-18H,3,6-8H2/t11-,12-/m1/s1. The number of hydrogen-bond donors (Lipinski definition) is 2. The molecule has 0 saturated heterocycles. The minimum atomic E-state index is -4.33. The smallest absolute Gasteiger partial charge is 0.392 e. The fraction of sp³-hybridized carbons (Fsp3) is 0.538. The van der Waals surface area contributed by atoms with E-state index in [0.717, 1.165) is 25.3 Å². The van der Waals surface area contributed by atoms with Crippen molar-refractivity contribution in [1.29, 1.82) is 0 Å². The first-order chi connectivity index (χ1) is 8.48. The van der Waals surface area contributed by atoms with E-state index in [0.29, 0.717) is 0 Å². The lowest BCUT2D eigenvalue weighted by Crippen LogP contribution is -2.35. The highest BCUT2D eigenvalue weighted by atomic mass is 19.4. The van der Waals surface area contributed by atoms with Crippen LogP contribution in [0.1, 0.15) is 30.4 Å². The van der Waals surface area contributed by atoms with E-state index in [2.05, 4.69) is 5.32 Å². The Morgan fingerprint density at radius 3 is 2.56 bits per heavy atom. The van der Waals surface area contributed by atoms with Gasteiger partial charge in [0.25, 0.3) is 0 Å². The summed E-state index contributed by atoms with van der Waals surface area (Å²) in [5, 5.41) is 12.6. The Labute approximate surface area is 104 Å². The van der Waals surface area contributed by atoms with Gasteiger partial charge in [-0.3, -0.25) is 0 Å². The number of halogens is 3. The molecule has 0 unspecified atom stereocenters. The van der Waals surface area contributed by atoms with Gasteiger partial charge in [0.1, 0.15) is 0 Å². The second-order valence-corrected chi connectivity index (χ2v) is 4.64. The van der Waals surface area contributed by atoms with Crippen LogP contribution in [0.2, 0.25) is 0 Å². The van der Waals surface area contributed by atoms with Crippen molar-refractivity contribution in [3.8, 4) is 0 Å². The molecule has 0 spiro atoms. The van der Waals surface area contributed by atoms with Gasteiger partial charge in [0.15, 0.2) is 0 Å². The van der Waals surface area contributed by atoms with Crippen molar-refractivity contribution in [2.75, 3.05) is 0 Å². The zero-order valence-electron chi connectivity index (χ0n) is 9.87. The van der Waals surface area contributed by atoms with Gasteiger partial charge in [-0.25, -0.2) is 0 Å². The Balaban J connectivity index is 2.05. The molecule has 0 heterocycles. The Bertz CT molecular complexity index is 405. The third kappa shape index (κ3) is 3.03. The topological polar surface area (TPSA) is 32.3 Å². The number of aliphatic hydroxyl groups is 1. The first-order valence-corrected chi connectivity index (χ1v) is 6.05. The normalized spacial score (nSPS) is 24.4. The summed E-state index contributed by atoms with van der Waals surface area (Å²) >= 11 is 0. The molecule has 2 nitrogen and oxygen atoms in total. The SMILES string of the molecule is O[C@@H]1CCC[C@H]1NCc1ccccc1C(F)(F)F. The van der Waals surface area contributed by atoms with E-state index in [-0.39, 0.29) is 18.2 Å². The fourth-order valence-corrected chi connectivity index (χ4v) is 2.37. The summed E-state index contributed by atoms with van der Waals surface area (Å²) in [6.45, 7) is 0.136. The summed E-state index contributed by atoms with van der Waals surface area (Å²) in [5.41, 5.74) is -0.380. The highest BCUT2D eigenvalue weighted by molar-refractivity contribution is 5.29. The quantitative estimate of drug-likeness (QED) is 0.874. The van der Waals surface area contributed by atoms with Gasteiger partial charge < -0.3 is 10.4 Å². The summed E-state index contributed by atoms with van der Waals surface area (Å²) in [7, 11) is 0. The summed E-state index contributed by atoms with van der Waals surface area (Å²) in [4.78, 5) is 0. The molecule has 18 heavy (non-hydrogen) atoms. The molecular weight excluding hydrogens is 243 g/mol. The largest absolute Gasteiger partial charge is 0.416 e. The zero-order chi connectivity index (χ0) is 13.2. The van der Waals surface area contributed by atoms with Crippen LogP contribution in [0.4, 0.5) is 13.2 Å². The maximum atomic E-state index is 12.7. The van der Waals surface area contributed by atoms with Gasteiger partial charge in [0, 0.05) is 12.6 Å². The molecule has 0 bridgehead atoms. The second kappa shape index (κ2) is 5.28. The third-order valence-corrected chi connectivity index (χ3v) is 3.36. The lowest BCUT2D eigenvalue weighted by molar-refractivity contribution is -0.138. The molecule has 0 radical (unpaired) electrons. The van der Waals surface area contributed by atoms with Crippen LogP contribution in [0.25, 0.3) is 0 Å². The molecule has 1 saturated carbocycles. The summed E-state index contributed by atoms with van der Waals surface area (Å²) in [6.07, 6.45) is -2.32. The van der Waals surface area contributed by atoms with E-state index in [1.165, 1.54) is 12.1 Å². The van der Waals surface area contributed by atoms with Crippen molar-refractivity contribution in [1.82, 2.24) is 5.32 Å². The van der Waals surface area contributed by atoms with Crippen LogP contribution in [0.3, 0.4) is 0 Å². The summed E-state index contributed by atoms with van der Waals surface area (Å²) < 4.78 is 38.2. The summed E-state index contributed by atoms with van der Waals surface area (Å²) in [5.74, 6) is 0. The minimum absolute atomic E-state index is 0.0914. The predicted octanol–water partition coefficient (Wildman–Crippen LogP) is 2.71. The number of nitrogens with one attached hydrogen (secondary N) is 1. The number of benzene rings is 1. The highest BCUT2D eigenvalue weighted by Gasteiger charge is 2.33. The van der Waals surface area contributed by atoms with Gasteiger partial charge >= 0.3 is 6.18 Å². The van der Waals surface area contributed by atoms with E-state index in [4.69, 9.17) is 0 Å². The molecule has 2 atom stereocenters. The lowest BCUT2D eigenvalue weighted by atomic mass is 10.1. The van der Waals surface area contributed by atoms with E-state index < -0.39 is 17.8 Å². The van der Waals surface area contributed by atoms with Crippen LogP contribution < -0.4 is 5.32 Å². The van der Waals surface area contributed by atoms with Crippen LogP contribution in [-0.4, -0.2) is 17.3 Å². The minimum Gasteiger partial charge on any atom is -0.392 e. The molecule has 1 aliphatic rings. The predicted molar refractivity (Wildman–Crippen MR) is 61.9 cm³/mol. The van der Waals surface area contributed by atoms with Gasteiger partial charge in [-0.1, -0.05) is 18.2 Å². The van der Waals surface area contributed by atoms with Crippen molar-refractivity contribution in [3.63, 3.8) is 0 Å². The van der Waals surface area contributed by atoms with Gasteiger partial charge in [-0.05, 0) is 30.9 Å². The molecule has 2 rings (SSSR count). The van der Waals surface area contributed by atoms with Crippen LogP contribution in [0.5, 0.6) is 0 Å². The monoisotopic (exact) mass is 259 g/mol. The molecule has 1 fully saturated rings. The Hall–Kier alpha value is -1.07. The van der Waals surface area contributed by atoms with Crippen LogP contribution >= 0.6 is 0 Å². The number of alkyl halides is 3. The van der Waals surface area contributed by atoms with E-state index in [1.54, 1.807) is 6.07 Å². The van der Waals surface area contributed by atoms with E-state index >= 15 is 0 Å². The van der Waals surface area contributed by atoms with E-state index in [1.807, 2.05) is 0 Å². The van der Waals surface area contributed by atoms with Gasteiger partial charge in [-0.15, -0.1) is 0 Å². The Morgan fingerprint density at radius 1 is 1.22 bits per heavy atom. The molecule has 100 valence electrons. The van der Waals surface area contributed by atoms with Crippen molar-refractivity contribution < 1.29 is 18.3 Å². The maximum Gasteiger partial charge on any atom is 0.416 e. The lowest BCUT2D eigenvalue weighted by Gasteiger charge is -2.18. The molecule has 2 N–H and O–H groups in total. The molecule has 5 heteroatoms. The second-order valence-electron chi connectivity index (χ2n) is 4.64. The molecule has 1 aromatic rings. The molecule has 0 aromatic heterocycles. The fourth-order valence-electron chi connectivity index (χ4n) is 2.37. The molecule has 0 amide bonds. The first kappa shape index (κ1) is 13.4. The van der Waals surface area contributed by atoms with Crippen LogP contribution in [-0.2, 0) is 12.7 Å². The van der Waals surface area contributed by atoms with Crippen molar-refractivity contribution in [3.05, 3.63) is 35.4 Å². The Kier molecular flexibility index (Phi) is 3.92. The van der Waals surface area contributed by atoms with Crippen molar-refractivity contribution >= 4 is 0 Å². The van der Waals surface area contributed by atoms with Gasteiger partial charge in [0.2, 0.25) is 0 Å². The van der Waals surface area contributed by atoms with Crippen molar-refractivity contribution in [2.45, 2.75) is 44.1 Å². The zero-order valence-corrected chi connectivity index (χ0v) is 9.87. The number of aliphatic hydroxyl groups excluding tert-OH is 1. The molecule has 0 aliphatic heterocycles. The van der Waals surface area contributed by atoms with Crippen molar-refractivity contribution in [2.24, 2.45) is 0 Å². The molecule has 1 aliphatic carbocycles. The Morgan fingerprint density at radius 2 is 1.94 bits per heavy atom. The average Bonchev–Trinajstić information content (AvgIpc) is 2.71. The van der Waals surface area contributed by atoms with E-state index in [9.17, 15) is 18.3 Å². The maximum absolute atomic E-state index is 12.7.